The molecule has 7 heteroatoms. The van der Waals surface area contributed by atoms with Crippen molar-refractivity contribution in [2.24, 2.45) is 5.92 Å². The zero-order valence-electron chi connectivity index (χ0n) is 15.4. The largest absolute Gasteiger partial charge is 0.497 e. The molecule has 1 aliphatic heterocycles. The Kier molecular flexibility index (Phi) is 5.68. The van der Waals surface area contributed by atoms with Gasteiger partial charge >= 0.3 is 0 Å². The number of amides is 1. The van der Waals surface area contributed by atoms with Crippen molar-refractivity contribution >= 4 is 11.9 Å². The van der Waals surface area contributed by atoms with E-state index in [2.05, 4.69) is 25.1 Å². The van der Waals surface area contributed by atoms with Gasteiger partial charge in [-0.25, -0.2) is 9.97 Å². The zero-order valence-corrected chi connectivity index (χ0v) is 15.4. The van der Waals surface area contributed by atoms with Crippen molar-refractivity contribution in [1.29, 1.82) is 0 Å². The molecule has 0 aliphatic carbocycles. The Hall–Kier alpha value is -2.67. The van der Waals surface area contributed by atoms with E-state index in [0.29, 0.717) is 29.7 Å². The van der Waals surface area contributed by atoms with Gasteiger partial charge < -0.3 is 19.9 Å². The Labute approximate surface area is 154 Å². The molecule has 1 amide bonds. The van der Waals surface area contributed by atoms with Crippen molar-refractivity contribution in [3.63, 3.8) is 0 Å². The predicted octanol–water partition coefficient (Wildman–Crippen LogP) is 1.28. The summed E-state index contributed by atoms with van der Waals surface area (Å²) in [6.45, 7) is 2.38. The SMILES string of the molecule is COc1cccc(C(=O)N[C@@H]2CN(c3ncccn3)C[C@H]2CN(C)C)c1. The van der Waals surface area contributed by atoms with E-state index in [4.69, 9.17) is 4.74 Å². The fourth-order valence-corrected chi connectivity index (χ4v) is 3.32. The fourth-order valence-electron chi connectivity index (χ4n) is 3.32. The van der Waals surface area contributed by atoms with Crippen LogP contribution in [0.25, 0.3) is 0 Å². The summed E-state index contributed by atoms with van der Waals surface area (Å²) in [5, 5.41) is 3.18. The molecule has 138 valence electrons. The van der Waals surface area contributed by atoms with Gasteiger partial charge in [-0.05, 0) is 38.4 Å². The highest BCUT2D eigenvalue weighted by atomic mass is 16.5. The molecule has 3 rings (SSSR count). The highest BCUT2D eigenvalue weighted by molar-refractivity contribution is 5.94. The van der Waals surface area contributed by atoms with Crippen LogP contribution in [0.15, 0.2) is 42.7 Å². The van der Waals surface area contributed by atoms with E-state index in [-0.39, 0.29) is 11.9 Å². The standard InChI is InChI=1S/C19H25N5O2/c1-23(2)11-15-12-24(19-20-8-5-9-21-19)13-17(15)22-18(25)14-6-4-7-16(10-14)26-3/h4-10,15,17H,11-13H2,1-3H3,(H,22,25)/t15-,17-/m1/s1. The van der Waals surface area contributed by atoms with Gasteiger partial charge in [0.05, 0.1) is 13.2 Å². The molecular weight excluding hydrogens is 330 g/mol. The number of methoxy groups -OCH3 is 1. The first-order valence-corrected chi connectivity index (χ1v) is 8.68. The van der Waals surface area contributed by atoms with Gasteiger partial charge in [0.25, 0.3) is 5.91 Å². The van der Waals surface area contributed by atoms with E-state index in [9.17, 15) is 4.79 Å². The van der Waals surface area contributed by atoms with Crippen LogP contribution in [0.4, 0.5) is 5.95 Å². The van der Waals surface area contributed by atoms with Gasteiger partial charge in [0.1, 0.15) is 5.75 Å². The fraction of sp³-hybridized carbons (Fsp3) is 0.421. The summed E-state index contributed by atoms with van der Waals surface area (Å²) in [4.78, 5) is 25.7. The first-order chi connectivity index (χ1) is 12.6. The number of nitrogens with one attached hydrogen (secondary N) is 1. The Bertz CT molecular complexity index is 738. The molecule has 1 fully saturated rings. The number of benzene rings is 1. The molecule has 0 bridgehead atoms. The van der Waals surface area contributed by atoms with Crippen molar-refractivity contribution in [2.45, 2.75) is 6.04 Å². The second-order valence-corrected chi connectivity index (χ2v) is 6.79. The van der Waals surface area contributed by atoms with Gasteiger partial charge in [0.2, 0.25) is 5.95 Å². The third-order valence-corrected chi connectivity index (χ3v) is 4.52. The maximum absolute atomic E-state index is 12.7. The summed E-state index contributed by atoms with van der Waals surface area (Å²) >= 11 is 0. The van der Waals surface area contributed by atoms with Crippen LogP contribution in [0.1, 0.15) is 10.4 Å². The molecule has 1 aliphatic rings. The lowest BCUT2D eigenvalue weighted by Gasteiger charge is -2.22. The van der Waals surface area contributed by atoms with Crippen LogP contribution in [0, 0.1) is 5.92 Å². The third kappa shape index (κ3) is 4.29. The smallest absolute Gasteiger partial charge is 0.251 e. The van der Waals surface area contributed by atoms with E-state index >= 15 is 0 Å². The predicted molar refractivity (Wildman–Crippen MR) is 101 cm³/mol. The number of nitrogens with zero attached hydrogens (tertiary/aromatic N) is 4. The number of hydrogen-bond donors (Lipinski definition) is 1. The minimum absolute atomic E-state index is 0.0277. The van der Waals surface area contributed by atoms with Crippen molar-refractivity contribution in [1.82, 2.24) is 20.2 Å². The average Bonchev–Trinajstić information content (AvgIpc) is 3.04. The Morgan fingerprint density at radius 3 is 2.73 bits per heavy atom. The van der Waals surface area contributed by atoms with Gasteiger partial charge in [-0.15, -0.1) is 0 Å². The van der Waals surface area contributed by atoms with Gasteiger partial charge in [-0.1, -0.05) is 6.07 Å². The molecule has 0 spiro atoms. The lowest BCUT2D eigenvalue weighted by Crippen LogP contribution is -2.43. The molecule has 2 heterocycles. The molecule has 2 aromatic rings. The van der Waals surface area contributed by atoms with E-state index < -0.39 is 0 Å². The number of anilines is 1. The molecule has 1 aromatic heterocycles. The lowest BCUT2D eigenvalue weighted by molar-refractivity contribution is 0.0927. The quantitative estimate of drug-likeness (QED) is 0.842. The second kappa shape index (κ2) is 8.14. The summed E-state index contributed by atoms with van der Waals surface area (Å²) in [6, 6.07) is 9.04. The molecule has 26 heavy (non-hydrogen) atoms. The maximum atomic E-state index is 12.7. The highest BCUT2D eigenvalue weighted by Gasteiger charge is 2.35. The van der Waals surface area contributed by atoms with Crippen LogP contribution in [-0.2, 0) is 0 Å². The number of carbonyl (C=O) groups is 1. The molecule has 1 saturated heterocycles. The Balaban J connectivity index is 1.73. The van der Waals surface area contributed by atoms with Gasteiger partial charge in [-0.3, -0.25) is 4.79 Å². The monoisotopic (exact) mass is 355 g/mol. The minimum atomic E-state index is -0.0894. The van der Waals surface area contributed by atoms with Gasteiger partial charge in [0, 0.05) is 43.5 Å². The lowest BCUT2D eigenvalue weighted by atomic mass is 10.0. The molecule has 0 unspecified atom stereocenters. The molecule has 0 radical (unpaired) electrons. The maximum Gasteiger partial charge on any atom is 0.251 e. The average molecular weight is 355 g/mol. The van der Waals surface area contributed by atoms with Crippen molar-refractivity contribution in [3.05, 3.63) is 48.3 Å². The number of ether oxygens (including phenoxy) is 1. The summed E-state index contributed by atoms with van der Waals surface area (Å²) in [6.07, 6.45) is 3.48. The van der Waals surface area contributed by atoms with E-state index in [1.807, 2.05) is 26.2 Å². The molecule has 7 nitrogen and oxygen atoms in total. The van der Waals surface area contributed by atoms with Crippen LogP contribution in [0.5, 0.6) is 5.75 Å². The number of carbonyl (C=O) groups excluding carboxylic acids is 1. The van der Waals surface area contributed by atoms with E-state index in [0.717, 1.165) is 13.1 Å². The summed E-state index contributed by atoms with van der Waals surface area (Å²) in [5.74, 6) is 1.58. The number of hydrogen-bond acceptors (Lipinski definition) is 6. The molecule has 2 atom stereocenters. The van der Waals surface area contributed by atoms with Crippen LogP contribution < -0.4 is 15.0 Å². The Morgan fingerprint density at radius 1 is 1.27 bits per heavy atom. The summed E-state index contributed by atoms with van der Waals surface area (Å²) < 4.78 is 5.21. The van der Waals surface area contributed by atoms with E-state index in [1.165, 1.54) is 0 Å². The topological polar surface area (TPSA) is 70.6 Å². The van der Waals surface area contributed by atoms with Gasteiger partial charge in [-0.2, -0.15) is 0 Å². The Morgan fingerprint density at radius 2 is 2.04 bits per heavy atom. The van der Waals surface area contributed by atoms with Crippen LogP contribution in [0.3, 0.4) is 0 Å². The molecular formula is C19H25N5O2. The molecule has 0 saturated carbocycles. The summed E-state index contributed by atoms with van der Waals surface area (Å²) in [5.41, 5.74) is 0.599. The number of rotatable bonds is 6. The highest BCUT2D eigenvalue weighted by Crippen LogP contribution is 2.22. The van der Waals surface area contributed by atoms with Crippen LogP contribution >= 0.6 is 0 Å². The minimum Gasteiger partial charge on any atom is -0.497 e. The first-order valence-electron chi connectivity index (χ1n) is 8.68. The van der Waals surface area contributed by atoms with Crippen molar-refractivity contribution < 1.29 is 9.53 Å². The summed E-state index contributed by atoms with van der Waals surface area (Å²) in [7, 11) is 5.68. The zero-order chi connectivity index (χ0) is 18.5. The van der Waals surface area contributed by atoms with Gasteiger partial charge in [0.15, 0.2) is 0 Å². The van der Waals surface area contributed by atoms with Crippen molar-refractivity contribution in [2.75, 3.05) is 45.7 Å². The van der Waals surface area contributed by atoms with E-state index in [1.54, 1.807) is 37.7 Å². The molecule has 1 N–H and O–H groups in total. The van der Waals surface area contributed by atoms with Crippen LogP contribution in [-0.4, -0.2) is 67.7 Å². The third-order valence-electron chi connectivity index (χ3n) is 4.52. The second-order valence-electron chi connectivity index (χ2n) is 6.79. The number of aromatic nitrogens is 2. The normalized spacial score (nSPS) is 19.6. The van der Waals surface area contributed by atoms with Crippen molar-refractivity contribution in [3.8, 4) is 5.75 Å². The molecule has 1 aromatic carbocycles. The van der Waals surface area contributed by atoms with Crippen LogP contribution in [0.2, 0.25) is 0 Å². The first kappa shape index (κ1) is 18.1.